The summed E-state index contributed by atoms with van der Waals surface area (Å²) in [6.45, 7) is 0. The summed E-state index contributed by atoms with van der Waals surface area (Å²) in [5, 5.41) is 1.17. The van der Waals surface area contributed by atoms with Crippen molar-refractivity contribution < 1.29 is 0 Å². The van der Waals surface area contributed by atoms with Crippen LogP contribution in [0.1, 0.15) is 0 Å². The number of nitrogens with one attached hydrogen (secondary N) is 1. The van der Waals surface area contributed by atoms with Crippen molar-refractivity contribution in [2.24, 2.45) is 0 Å². The van der Waals surface area contributed by atoms with E-state index in [9.17, 15) is 0 Å². The van der Waals surface area contributed by atoms with Gasteiger partial charge in [0, 0.05) is 35.1 Å². The summed E-state index contributed by atoms with van der Waals surface area (Å²) in [6.07, 6.45) is 7.33. The molecule has 3 heterocycles. The maximum atomic E-state index is 5.84. The molecule has 0 unspecified atom stereocenters. The van der Waals surface area contributed by atoms with E-state index in [1.807, 2.05) is 29.1 Å². The van der Waals surface area contributed by atoms with Crippen LogP contribution in [-0.2, 0) is 0 Å². The molecular formula is C14H11N5. The van der Waals surface area contributed by atoms with E-state index in [-0.39, 0.29) is 0 Å². The lowest BCUT2D eigenvalue weighted by atomic mass is 10.1. The highest BCUT2D eigenvalue weighted by Crippen LogP contribution is 2.29. The number of hydrogen-bond donors (Lipinski definition) is 2. The fourth-order valence-electron chi connectivity index (χ4n) is 2.45. The van der Waals surface area contributed by atoms with Crippen LogP contribution in [0.2, 0.25) is 0 Å². The summed E-state index contributed by atoms with van der Waals surface area (Å²) in [7, 11) is 0. The zero-order chi connectivity index (χ0) is 12.8. The normalized spacial score (nSPS) is 11.4. The van der Waals surface area contributed by atoms with E-state index in [1.54, 1.807) is 6.20 Å². The summed E-state index contributed by atoms with van der Waals surface area (Å²) in [5.41, 5.74) is 9.76. The van der Waals surface area contributed by atoms with E-state index in [0.717, 1.165) is 16.8 Å². The number of benzene rings is 1. The smallest absolute Gasteiger partial charge is 0.180 e. The van der Waals surface area contributed by atoms with Crippen LogP contribution in [0.4, 0.5) is 5.82 Å². The van der Waals surface area contributed by atoms with Gasteiger partial charge in [0.25, 0.3) is 0 Å². The maximum Gasteiger partial charge on any atom is 0.180 e. The number of nitrogens with zero attached hydrogens (tertiary/aromatic N) is 3. The summed E-state index contributed by atoms with van der Waals surface area (Å²) in [6, 6.07) is 8.22. The second kappa shape index (κ2) is 3.58. The number of nitrogen functional groups attached to an aromatic ring is 1. The molecule has 3 aromatic heterocycles. The van der Waals surface area contributed by atoms with Crippen molar-refractivity contribution in [2.45, 2.75) is 0 Å². The highest BCUT2D eigenvalue weighted by Gasteiger charge is 2.11. The van der Waals surface area contributed by atoms with E-state index in [1.165, 1.54) is 5.39 Å². The van der Waals surface area contributed by atoms with Crippen molar-refractivity contribution in [1.82, 2.24) is 19.4 Å². The van der Waals surface area contributed by atoms with Gasteiger partial charge in [-0.15, -0.1) is 0 Å². The highest BCUT2D eigenvalue weighted by molar-refractivity contribution is 5.94. The van der Waals surface area contributed by atoms with Crippen LogP contribution in [0.3, 0.4) is 0 Å². The fraction of sp³-hybridized carbons (Fsp3) is 0. The molecule has 0 amide bonds. The van der Waals surface area contributed by atoms with Gasteiger partial charge in [0.2, 0.25) is 0 Å². The SMILES string of the molecule is Nc1nccn2c(-c3cccc4[nH]ccc34)cnc12. The average molecular weight is 249 g/mol. The third kappa shape index (κ3) is 1.35. The monoisotopic (exact) mass is 249 g/mol. The first-order valence-electron chi connectivity index (χ1n) is 5.98. The number of anilines is 1. The Balaban J connectivity index is 2.10. The highest BCUT2D eigenvalue weighted by atomic mass is 15.1. The molecule has 0 saturated carbocycles. The van der Waals surface area contributed by atoms with E-state index in [4.69, 9.17) is 5.73 Å². The molecule has 0 aliphatic carbocycles. The minimum atomic E-state index is 0.440. The van der Waals surface area contributed by atoms with E-state index >= 15 is 0 Å². The first-order valence-corrected chi connectivity index (χ1v) is 5.98. The van der Waals surface area contributed by atoms with Crippen molar-refractivity contribution in [2.75, 3.05) is 5.73 Å². The van der Waals surface area contributed by atoms with Gasteiger partial charge in [-0.2, -0.15) is 0 Å². The topological polar surface area (TPSA) is 72.0 Å². The van der Waals surface area contributed by atoms with E-state index in [2.05, 4.69) is 33.2 Å². The third-order valence-corrected chi connectivity index (χ3v) is 3.33. The first kappa shape index (κ1) is 10.1. The van der Waals surface area contributed by atoms with Gasteiger partial charge < -0.3 is 10.7 Å². The largest absolute Gasteiger partial charge is 0.381 e. The molecule has 0 aliphatic heterocycles. The number of imidazole rings is 1. The Morgan fingerprint density at radius 2 is 2.11 bits per heavy atom. The molecule has 0 bridgehead atoms. The summed E-state index contributed by atoms with van der Waals surface area (Å²) in [4.78, 5) is 11.6. The Morgan fingerprint density at radius 1 is 1.16 bits per heavy atom. The summed E-state index contributed by atoms with van der Waals surface area (Å²) < 4.78 is 1.96. The molecular weight excluding hydrogens is 238 g/mol. The molecule has 4 rings (SSSR count). The molecule has 0 aliphatic rings. The lowest BCUT2D eigenvalue weighted by Crippen LogP contribution is -1.96. The molecule has 4 aromatic rings. The lowest BCUT2D eigenvalue weighted by molar-refractivity contribution is 1.14. The Morgan fingerprint density at radius 3 is 3.05 bits per heavy atom. The van der Waals surface area contributed by atoms with Crippen LogP contribution in [0.25, 0.3) is 27.8 Å². The van der Waals surface area contributed by atoms with Gasteiger partial charge in [-0.25, -0.2) is 9.97 Å². The average Bonchev–Trinajstić information content (AvgIpc) is 3.05. The molecule has 0 fully saturated rings. The molecule has 0 atom stereocenters. The zero-order valence-electron chi connectivity index (χ0n) is 10.0. The summed E-state index contributed by atoms with van der Waals surface area (Å²) in [5.74, 6) is 0.440. The zero-order valence-corrected chi connectivity index (χ0v) is 10.0. The fourth-order valence-corrected chi connectivity index (χ4v) is 2.45. The van der Waals surface area contributed by atoms with Gasteiger partial charge >= 0.3 is 0 Å². The van der Waals surface area contributed by atoms with Crippen LogP contribution in [0, 0.1) is 0 Å². The third-order valence-electron chi connectivity index (χ3n) is 3.33. The Kier molecular flexibility index (Phi) is 1.91. The Hall–Kier alpha value is -2.82. The van der Waals surface area contributed by atoms with Crippen molar-refractivity contribution in [3.63, 3.8) is 0 Å². The number of aromatic amines is 1. The second-order valence-corrected chi connectivity index (χ2v) is 4.39. The quantitative estimate of drug-likeness (QED) is 0.544. The van der Waals surface area contributed by atoms with Crippen molar-refractivity contribution in [1.29, 1.82) is 0 Å². The van der Waals surface area contributed by atoms with Crippen molar-refractivity contribution in [3.8, 4) is 11.3 Å². The predicted molar refractivity (Wildman–Crippen MR) is 74.7 cm³/mol. The van der Waals surface area contributed by atoms with Crippen LogP contribution >= 0.6 is 0 Å². The number of nitrogens with two attached hydrogens (primary N) is 1. The Bertz CT molecular complexity index is 887. The lowest BCUT2D eigenvalue weighted by Gasteiger charge is -2.04. The molecule has 5 heteroatoms. The molecule has 92 valence electrons. The number of fused-ring (bicyclic) bond motifs is 2. The number of rotatable bonds is 1. The molecule has 5 nitrogen and oxygen atoms in total. The van der Waals surface area contributed by atoms with E-state index < -0.39 is 0 Å². The minimum absolute atomic E-state index is 0.440. The molecule has 19 heavy (non-hydrogen) atoms. The van der Waals surface area contributed by atoms with Crippen LogP contribution in [-0.4, -0.2) is 19.4 Å². The van der Waals surface area contributed by atoms with E-state index in [0.29, 0.717) is 11.5 Å². The van der Waals surface area contributed by atoms with Gasteiger partial charge in [0.1, 0.15) is 0 Å². The van der Waals surface area contributed by atoms with Crippen LogP contribution in [0.5, 0.6) is 0 Å². The van der Waals surface area contributed by atoms with Gasteiger partial charge in [-0.3, -0.25) is 4.40 Å². The van der Waals surface area contributed by atoms with Gasteiger partial charge in [0.15, 0.2) is 11.5 Å². The van der Waals surface area contributed by atoms with Gasteiger partial charge in [-0.05, 0) is 12.1 Å². The molecule has 0 saturated heterocycles. The molecule has 3 N–H and O–H groups in total. The van der Waals surface area contributed by atoms with Crippen molar-refractivity contribution >= 4 is 22.4 Å². The summed E-state index contributed by atoms with van der Waals surface area (Å²) >= 11 is 0. The van der Waals surface area contributed by atoms with Crippen molar-refractivity contribution in [3.05, 3.63) is 49.1 Å². The predicted octanol–water partition coefficient (Wildman–Crippen LogP) is 2.46. The number of hydrogen-bond acceptors (Lipinski definition) is 3. The molecule has 0 spiro atoms. The standard InChI is InChI=1S/C14H11N5/c15-13-14-18-8-12(19(14)7-6-17-13)10-2-1-3-11-9(10)4-5-16-11/h1-8,16H,(H2,15,17). The molecule has 1 aromatic carbocycles. The number of aromatic nitrogens is 4. The van der Waals surface area contributed by atoms with Crippen LogP contribution in [0.15, 0.2) is 49.1 Å². The van der Waals surface area contributed by atoms with Gasteiger partial charge in [-0.1, -0.05) is 12.1 Å². The maximum absolute atomic E-state index is 5.84. The van der Waals surface area contributed by atoms with Gasteiger partial charge in [0.05, 0.1) is 11.9 Å². The number of H-pyrrole nitrogens is 1. The molecule has 0 radical (unpaired) electrons. The second-order valence-electron chi connectivity index (χ2n) is 4.39. The Labute approximate surface area is 108 Å². The minimum Gasteiger partial charge on any atom is -0.381 e. The first-order chi connectivity index (χ1) is 9.34. The van der Waals surface area contributed by atoms with Crippen LogP contribution < -0.4 is 5.73 Å².